The van der Waals surface area contributed by atoms with Crippen LogP contribution in [-0.2, 0) is 9.53 Å². The fourth-order valence-electron chi connectivity index (χ4n) is 2.48. The molecule has 0 atom stereocenters. The number of ether oxygens (including phenoxy) is 1. The average Bonchev–Trinajstić information content (AvgIpc) is 2.12. The molecule has 0 N–H and O–H groups in total. The normalized spacial score (nSPS) is 13.4. The molecule has 0 amide bonds. The van der Waals surface area contributed by atoms with Gasteiger partial charge in [0.15, 0.2) is 0 Å². The predicted octanol–water partition coefficient (Wildman–Crippen LogP) is 4.47. The van der Waals surface area contributed by atoms with E-state index in [-0.39, 0.29) is 22.9 Å². The number of ketones is 1. The molecule has 0 aliphatic carbocycles. The highest BCUT2D eigenvalue weighted by molar-refractivity contribution is 5.80. The maximum absolute atomic E-state index is 11.9. The lowest BCUT2D eigenvalue weighted by Gasteiger charge is -2.35. The Labute approximate surface area is 113 Å². The van der Waals surface area contributed by atoms with Crippen LogP contribution in [0.1, 0.15) is 68.2 Å². The molecule has 0 unspecified atom stereocenters. The van der Waals surface area contributed by atoms with Gasteiger partial charge in [-0.3, -0.25) is 4.79 Å². The Hall–Kier alpha value is -0.370. The van der Waals surface area contributed by atoms with Crippen LogP contribution in [0.25, 0.3) is 0 Å². The van der Waals surface area contributed by atoms with Crippen LogP contribution in [0.3, 0.4) is 0 Å². The van der Waals surface area contributed by atoms with E-state index in [2.05, 4.69) is 41.5 Å². The molecular weight excluding hydrogens is 224 g/mol. The summed E-state index contributed by atoms with van der Waals surface area (Å²) in [6, 6.07) is 0. The van der Waals surface area contributed by atoms with Gasteiger partial charge in [0, 0.05) is 12.3 Å². The summed E-state index contributed by atoms with van der Waals surface area (Å²) in [5, 5.41) is 0. The van der Waals surface area contributed by atoms with Gasteiger partial charge >= 0.3 is 0 Å². The fraction of sp³-hybridized carbons (Fsp3) is 0.938. The molecule has 0 radical (unpaired) electrons. The molecule has 2 heteroatoms. The van der Waals surface area contributed by atoms with E-state index in [1.807, 2.05) is 13.8 Å². The van der Waals surface area contributed by atoms with Crippen molar-refractivity contribution in [2.75, 3.05) is 6.61 Å². The fourth-order valence-corrected chi connectivity index (χ4v) is 2.48. The molecule has 0 fully saturated rings. The highest BCUT2D eigenvalue weighted by atomic mass is 16.5. The summed E-state index contributed by atoms with van der Waals surface area (Å²) in [4.78, 5) is 11.9. The van der Waals surface area contributed by atoms with Crippen molar-refractivity contribution in [2.24, 2.45) is 16.7 Å². The third-order valence-corrected chi connectivity index (χ3v) is 3.06. The lowest BCUT2D eigenvalue weighted by Crippen LogP contribution is -2.30. The molecule has 108 valence electrons. The Morgan fingerprint density at radius 2 is 1.50 bits per heavy atom. The number of rotatable bonds is 8. The minimum atomic E-state index is 0.0468. The number of carbonyl (C=O) groups is 1. The summed E-state index contributed by atoms with van der Waals surface area (Å²) in [5.41, 5.74) is 0.163. The van der Waals surface area contributed by atoms with Gasteiger partial charge in [-0.2, -0.15) is 0 Å². The maximum atomic E-state index is 11.9. The van der Waals surface area contributed by atoms with Crippen molar-refractivity contribution in [3.05, 3.63) is 0 Å². The van der Waals surface area contributed by atoms with Gasteiger partial charge < -0.3 is 4.74 Å². The van der Waals surface area contributed by atoms with Crippen molar-refractivity contribution in [2.45, 2.75) is 74.3 Å². The van der Waals surface area contributed by atoms with Gasteiger partial charge in [-0.25, -0.2) is 0 Å². The molecule has 0 rings (SSSR count). The van der Waals surface area contributed by atoms with E-state index in [0.717, 1.165) is 13.0 Å². The standard InChI is InChI=1S/C16H32O2/c1-12(2)14(17)9-15(5,6)10-16(7,8)11-18-13(3)4/h12-13H,9-11H2,1-8H3. The Bertz CT molecular complexity index is 262. The van der Waals surface area contributed by atoms with Gasteiger partial charge in [-0.15, -0.1) is 0 Å². The van der Waals surface area contributed by atoms with E-state index >= 15 is 0 Å². The molecule has 2 nitrogen and oxygen atoms in total. The molecule has 0 saturated carbocycles. The lowest BCUT2D eigenvalue weighted by atomic mass is 9.72. The largest absolute Gasteiger partial charge is 0.378 e. The molecule has 0 aliphatic rings. The third-order valence-electron chi connectivity index (χ3n) is 3.06. The molecule has 0 spiro atoms. The Morgan fingerprint density at radius 1 is 1.00 bits per heavy atom. The zero-order chi connectivity index (χ0) is 14.6. The molecule has 0 bridgehead atoms. The molecule has 18 heavy (non-hydrogen) atoms. The highest BCUT2D eigenvalue weighted by Gasteiger charge is 2.31. The van der Waals surface area contributed by atoms with Gasteiger partial charge in [-0.05, 0) is 31.1 Å². The Kier molecular flexibility index (Phi) is 6.56. The topological polar surface area (TPSA) is 26.3 Å². The molecule has 0 heterocycles. The lowest BCUT2D eigenvalue weighted by molar-refractivity contribution is -0.124. The molecular formula is C16H32O2. The minimum Gasteiger partial charge on any atom is -0.378 e. The van der Waals surface area contributed by atoms with Crippen LogP contribution in [0, 0.1) is 16.7 Å². The van der Waals surface area contributed by atoms with Crippen LogP contribution in [0.2, 0.25) is 0 Å². The van der Waals surface area contributed by atoms with Crippen LogP contribution in [0.15, 0.2) is 0 Å². The summed E-state index contributed by atoms with van der Waals surface area (Å²) in [5.74, 6) is 0.500. The van der Waals surface area contributed by atoms with E-state index in [4.69, 9.17) is 4.74 Å². The predicted molar refractivity (Wildman–Crippen MR) is 77.7 cm³/mol. The third kappa shape index (κ3) is 7.86. The van der Waals surface area contributed by atoms with Crippen molar-refractivity contribution in [1.82, 2.24) is 0 Å². The summed E-state index contributed by atoms with van der Waals surface area (Å²) in [6.07, 6.45) is 1.94. The summed E-state index contributed by atoms with van der Waals surface area (Å²) in [7, 11) is 0. The van der Waals surface area contributed by atoms with Crippen molar-refractivity contribution in [3.8, 4) is 0 Å². The van der Waals surface area contributed by atoms with E-state index < -0.39 is 0 Å². The van der Waals surface area contributed by atoms with Crippen LogP contribution in [0.5, 0.6) is 0 Å². The van der Waals surface area contributed by atoms with Gasteiger partial charge in [0.1, 0.15) is 5.78 Å². The first-order chi connectivity index (χ1) is 7.95. The number of hydrogen-bond acceptors (Lipinski definition) is 2. The number of carbonyl (C=O) groups excluding carboxylic acids is 1. The molecule has 0 aromatic rings. The first-order valence-electron chi connectivity index (χ1n) is 7.09. The SMILES string of the molecule is CC(C)OCC(C)(C)CC(C)(C)CC(=O)C(C)C. The van der Waals surface area contributed by atoms with Gasteiger partial charge in [0.2, 0.25) is 0 Å². The zero-order valence-corrected chi connectivity index (χ0v) is 13.6. The second-order valence-electron chi connectivity index (χ2n) is 7.66. The molecule has 0 aliphatic heterocycles. The monoisotopic (exact) mass is 256 g/mol. The smallest absolute Gasteiger partial charge is 0.135 e. The van der Waals surface area contributed by atoms with E-state index in [1.54, 1.807) is 0 Å². The number of hydrogen-bond donors (Lipinski definition) is 0. The van der Waals surface area contributed by atoms with Crippen LogP contribution >= 0.6 is 0 Å². The molecule has 0 aromatic carbocycles. The van der Waals surface area contributed by atoms with Crippen molar-refractivity contribution >= 4 is 5.78 Å². The van der Waals surface area contributed by atoms with Crippen molar-refractivity contribution in [3.63, 3.8) is 0 Å². The molecule has 0 aromatic heterocycles. The first kappa shape index (κ1) is 17.6. The first-order valence-corrected chi connectivity index (χ1v) is 7.09. The second-order valence-corrected chi connectivity index (χ2v) is 7.66. The summed E-state index contributed by atoms with van der Waals surface area (Å²) < 4.78 is 5.72. The van der Waals surface area contributed by atoms with E-state index in [0.29, 0.717) is 12.2 Å². The average molecular weight is 256 g/mol. The van der Waals surface area contributed by atoms with E-state index in [9.17, 15) is 4.79 Å². The van der Waals surface area contributed by atoms with Crippen molar-refractivity contribution in [1.29, 1.82) is 0 Å². The Morgan fingerprint density at radius 3 is 1.89 bits per heavy atom. The number of Topliss-reactive ketones (excluding diaryl/α,β-unsaturated/α-hetero) is 1. The summed E-state index contributed by atoms with van der Waals surface area (Å²) >= 11 is 0. The summed E-state index contributed by atoms with van der Waals surface area (Å²) in [6.45, 7) is 17.6. The van der Waals surface area contributed by atoms with E-state index in [1.165, 1.54) is 0 Å². The zero-order valence-electron chi connectivity index (χ0n) is 13.6. The second kappa shape index (κ2) is 6.70. The minimum absolute atomic E-state index is 0.0468. The highest BCUT2D eigenvalue weighted by Crippen LogP contribution is 2.37. The van der Waals surface area contributed by atoms with Gasteiger partial charge in [-0.1, -0.05) is 41.5 Å². The van der Waals surface area contributed by atoms with Crippen LogP contribution in [0.4, 0.5) is 0 Å². The maximum Gasteiger partial charge on any atom is 0.135 e. The van der Waals surface area contributed by atoms with Gasteiger partial charge in [0.25, 0.3) is 0 Å². The van der Waals surface area contributed by atoms with Crippen molar-refractivity contribution < 1.29 is 9.53 Å². The quantitative estimate of drug-likeness (QED) is 0.640. The van der Waals surface area contributed by atoms with Crippen LogP contribution < -0.4 is 0 Å². The Balaban J connectivity index is 4.41. The van der Waals surface area contributed by atoms with Gasteiger partial charge in [0.05, 0.1) is 12.7 Å². The van der Waals surface area contributed by atoms with Crippen LogP contribution in [-0.4, -0.2) is 18.5 Å². The molecule has 0 saturated heterocycles.